The van der Waals surface area contributed by atoms with E-state index in [1.54, 1.807) is 54.6 Å². The van der Waals surface area contributed by atoms with Crippen molar-refractivity contribution in [3.05, 3.63) is 83.1 Å². The summed E-state index contributed by atoms with van der Waals surface area (Å²) in [6.45, 7) is 0. The number of Topliss-reactive ketones (excluding diaryl/α,β-unsaturated/α-hetero) is 1. The minimum absolute atomic E-state index is 0.108. The standard InChI is InChI=1S/C25H20O7/c1-28-19-12-9-16(23(29-2)24(19)30-3)13-21-22(26)18-11-10-17(14-20(18)32-21)31-25(27)15-7-5-4-6-8-15/h4-14H,1-3H3/b21-13-. The van der Waals surface area contributed by atoms with Crippen molar-refractivity contribution in [2.45, 2.75) is 0 Å². The number of ether oxygens (including phenoxy) is 5. The van der Waals surface area contributed by atoms with Crippen LogP contribution in [0.4, 0.5) is 0 Å². The Morgan fingerprint density at radius 2 is 1.62 bits per heavy atom. The minimum Gasteiger partial charge on any atom is -0.493 e. The highest BCUT2D eigenvalue weighted by atomic mass is 16.5. The van der Waals surface area contributed by atoms with Gasteiger partial charge in [-0.15, -0.1) is 0 Å². The van der Waals surface area contributed by atoms with Gasteiger partial charge in [-0.3, -0.25) is 4.79 Å². The molecule has 7 heteroatoms. The molecule has 3 aromatic carbocycles. The van der Waals surface area contributed by atoms with Gasteiger partial charge in [-0.05, 0) is 42.5 Å². The molecule has 0 saturated carbocycles. The lowest BCUT2D eigenvalue weighted by Crippen LogP contribution is -2.08. The van der Waals surface area contributed by atoms with Crippen LogP contribution in [-0.2, 0) is 0 Å². The Morgan fingerprint density at radius 1 is 0.875 bits per heavy atom. The molecular formula is C25H20O7. The number of benzene rings is 3. The number of carbonyl (C=O) groups excluding carboxylic acids is 2. The summed E-state index contributed by atoms with van der Waals surface area (Å²) < 4.78 is 27.3. The van der Waals surface area contributed by atoms with Crippen LogP contribution in [0.5, 0.6) is 28.7 Å². The maximum Gasteiger partial charge on any atom is 0.343 e. The van der Waals surface area contributed by atoms with Crippen molar-refractivity contribution in [2.24, 2.45) is 0 Å². The second-order valence-corrected chi connectivity index (χ2v) is 6.78. The first-order valence-electron chi connectivity index (χ1n) is 9.70. The largest absolute Gasteiger partial charge is 0.493 e. The highest BCUT2D eigenvalue weighted by molar-refractivity contribution is 6.14. The summed E-state index contributed by atoms with van der Waals surface area (Å²) in [5.41, 5.74) is 1.37. The molecule has 0 aromatic heterocycles. The van der Waals surface area contributed by atoms with E-state index in [1.807, 2.05) is 6.07 Å². The molecule has 0 N–H and O–H groups in total. The van der Waals surface area contributed by atoms with E-state index >= 15 is 0 Å². The van der Waals surface area contributed by atoms with Gasteiger partial charge < -0.3 is 23.7 Å². The number of fused-ring (bicyclic) bond motifs is 1. The molecular weight excluding hydrogens is 412 g/mol. The highest BCUT2D eigenvalue weighted by Gasteiger charge is 2.29. The van der Waals surface area contributed by atoms with Gasteiger partial charge in [0.25, 0.3) is 0 Å². The number of hydrogen-bond donors (Lipinski definition) is 0. The quantitative estimate of drug-likeness (QED) is 0.321. The van der Waals surface area contributed by atoms with Gasteiger partial charge in [0.05, 0.1) is 32.5 Å². The Balaban J connectivity index is 1.61. The Hall–Kier alpha value is -4.26. The molecule has 0 atom stereocenters. The fraction of sp³-hybridized carbons (Fsp3) is 0.120. The molecule has 0 fully saturated rings. The number of carbonyl (C=O) groups is 2. The summed E-state index contributed by atoms with van der Waals surface area (Å²) in [7, 11) is 4.53. The second kappa shape index (κ2) is 8.85. The van der Waals surface area contributed by atoms with E-state index in [0.29, 0.717) is 39.7 Å². The molecule has 7 nitrogen and oxygen atoms in total. The van der Waals surface area contributed by atoms with Crippen LogP contribution in [0.15, 0.2) is 66.4 Å². The zero-order chi connectivity index (χ0) is 22.7. The molecule has 0 unspecified atom stereocenters. The van der Waals surface area contributed by atoms with Crippen LogP contribution in [0.3, 0.4) is 0 Å². The third kappa shape index (κ3) is 3.88. The number of allylic oxidation sites excluding steroid dienone is 1. The van der Waals surface area contributed by atoms with Gasteiger partial charge in [0.15, 0.2) is 17.3 Å². The van der Waals surface area contributed by atoms with E-state index < -0.39 is 5.97 Å². The first kappa shape index (κ1) is 21.0. The number of hydrogen-bond acceptors (Lipinski definition) is 7. The number of esters is 1. The molecule has 0 amide bonds. The summed E-state index contributed by atoms with van der Waals surface area (Å²) in [5.74, 6) is 1.20. The van der Waals surface area contributed by atoms with Crippen LogP contribution < -0.4 is 23.7 Å². The SMILES string of the molecule is COc1ccc(/C=C2\Oc3cc(OC(=O)c4ccccc4)ccc3C2=O)c(OC)c1OC. The van der Waals surface area contributed by atoms with Crippen LogP contribution in [0.25, 0.3) is 6.08 Å². The van der Waals surface area contributed by atoms with Crippen molar-refractivity contribution < 1.29 is 33.3 Å². The summed E-state index contributed by atoms with van der Waals surface area (Å²) >= 11 is 0. The van der Waals surface area contributed by atoms with E-state index in [2.05, 4.69) is 0 Å². The third-order valence-corrected chi connectivity index (χ3v) is 4.88. The fourth-order valence-corrected chi connectivity index (χ4v) is 3.35. The maximum atomic E-state index is 12.8. The zero-order valence-electron chi connectivity index (χ0n) is 17.7. The van der Waals surface area contributed by atoms with Crippen molar-refractivity contribution in [2.75, 3.05) is 21.3 Å². The summed E-state index contributed by atoms with van der Waals surface area (Å²) in [6, 6.07) is 16.7. The molecule has 4 rings (SSSR count). The number of ketones is 1. The molecule has 0 bridgehead atoms. The van der Waals surface area contributed by atoms with Gasteiger partial charge in [0.2, 0.25) is 11.5 Å². The second-order valence-electron chi connectivity index (χ2n) is 6.78. The first-order valence-corrected chi connectivity index (χ1v) is 9.70. The summed E-state index contributed by atoms with van der Waals surface area (Å²) in [6.07, 6.45) is 1.57. The molecule has 0 saturated heterocycles. The first-order chi connectivity index (χ1) is 15.5. The summed E-state index contributed by atoms with van der Waals surface area (Å²) in [5, 5.41) is 0. The number of methoxy groups -OCH3 is 3. The van der Waals surface area contributed by atoms with Gasteiger partial charge >= 0.3 is 5.97 Å². The van der Waals surface area contributed by atoms with Crippen LogP contribution >= 0.6 is 0 Å². The predicted octanol–water partition coefficient (Wildman–Crippen LogP) is 4.55. The lowest BCUT2D eigenvalue weighted by Gasteiger charge is -2.14. The molecule has 0 aliphatic carbocycles. The van der Waals surface area contributed by atoms with Gasteiger partial charge in [0.1, 0.15) is 11.5 Å². The summed E-state index contributed by atoms with van der Waals surface area (Å²) in [4.78, 5) is 25.1. The highest BCUT2D eigenvalue weighted by Crippen LogP contribution is 2.42. The van der Waals surface area contributed by atoms with Crippen LogP contribution in [-0.4, -0.2) is 33.1 Å². The topological polar surface area (TPSA) is 80.3 Å². The molecule has 0 spiro atoms. The van der Waals surface area contributed by atoms with E-state index in [4.69, 9.17) is 23.7 Å². The van der Waals surface area contributed by atoms with E-state index in [0.717, 1.165) is 0 Å². The Kier molecular flexibility index (Phi) is 5.81. The van der Waals surface area contributed by atoms with Gasteiger partial charge in [-0.25, -0.2) is 4.79 Å². The van der Waals surface area contributed by atoms with Crippen molar-refractivity contribution >= 4 is 17.8 Å². The molecule has 0 radical (unpaired) electrons. The average Bonchev–Trinajstić information content (AvgIpc) is 3.13. The van der Waals surface area contributed by atoms with Crippen molar-refractivity contribution in [1.82, 2.24) is 0 Å². The molecule has 162 valence electrons. The smallest absolute Gasteiger partial charge is 0.343 e. The van der Waals surface area contributed by atoms with Crippen molar-refractivity contribution in [3.8, 4) is 28.7 Å². The number of rotatable bonds is 6. The molecule has 1 aliphatic heterocycles. The predicted molar refractivity (Wildman–Crippen MR) is 117 cm³/mol. The van der Waals surface area contributed by atoms with E-state index in [9.17, 15) is 9.59 Å². The lowest BCUT2D eigenvalue weighted by atomic mass is 10.1. The monoisotopic (exact) mass is 432 g/mol. The van der Waals surface area contributed by atoms with Crippen LogP contribution in [0.1, 0.15) is 26.3 Å². The molecule has 1 heterocycles. The maximum absolute atomic E-state index is 12.8. The Bertz CT molecular complexity index is 1210. The third-order valence-electron chi connectivity index (χ3n) is 4.88. The molecule has 32 heavy (non-hydrogen) atoms. The van der Waals surface area contributed by atoms with E-state index in [-0.39, 0.29) is 17.3 Å². The van der Waals surface area contributed by atoms with Crippen LogP contribution in [0, 0.1) is 0 Å². The van der Waals surface area contributed by atoms with Gasteiger partial charge in [-0.2, -0.15) is 0 Å². The van der Waals surface area contributed by atoms with Crippen LogP contribution in [0.2, 0.25) is 0 Å². The zero-order valence-corrected chi connectivity index (χ0v) is 17.7. The average molecular weight is 432 g/mol. The van der Waals surface area contributed by atoms with Gasteiger partial charge in [-0.1, -0.05) is 18.2 Å². The van der Waals surface area contributed by atoms with Crippen molar-refractivity contribution in [1.29, 1.82) is 0 Å². The molecule has 3 aromatic rings. The van der Waals surface area contributed by atoms with Gasteiger partial charge in [0, 0.05) is 11.6 Å². The fourth-order valence-electron chi connectivity index (χ4n) is 3.35. The van der Waals surface area contributed by atoms with E-state index in [1.165, 1.54) is 27.4 Å². The minimum atomic E-state index is -0.499. The Morgan fingerprint density at radius 3 is 2.31 bits per heavy atom. The normalized spacial score (nSPS) is 13.3. The van der Waals surface area contributed by atoms with Crippen molar-refractivity contribution in [3.63, 3.8) is 0 Å². The molecule has 1 aliphatic rings. The lowest BCUT2D eigenvalue weighted by molar-refractivity contribution is 0.0734. The Labute approximate surface area is 184 Å².